The van der Waals surface area contributed by atoms with Crippen LogP contribution in [0.4, 0.5) is 5.13 Å². The molecule has 0 saturated carbocycles. The van der Waals surface area contributed by atoms with Crippen molar-refractivity contribution in [3.05, 3.63) is 72.1 Å². The van der Waals surface area contributed by atoms with Crippen molar-refractivity contribution in [1.29, 1.82) is 0 Å². The van der Waals surface area contributed by atoms with E-state index in [-0.39, 0.29) is 11.7 Å². The predicted molar refractivity (Wildman–Crippen MR) is 134 cm³/mol. The molecule has 0 bridgehead atoms. The molecule has 7 nitrogen and oxygen atoms in total. The first kappa shape index (κ1) is 22.8. The van der Waals surface area contributed by atoms with Gasteiger partial charge in [-0.2, -0.15) is 0 Å². The third-order valence-corrected chi connectivity index (χ3v) is 6.53. The topological polar surface area (TPSA) is 81.9 Å². The van der Waals surface area contributed by atoms with Gasteiger partial charge >= 0.3 is 0 Å². The van der Waals surface area contributed by atoms with E-state index >= 15 is 0 Å². The second-order valence-electron chi connectivity index (χ2n) is 7.17. The number of methoxy groups -OCH3 is 1. The van der Waals surface area contributed by atoms with Gasteiger partial charge in [-0.1, -0.05) is 47.7 Å². The number of aryl methyl sites for hydroxylation is 1. The molecule has 0 aliphatic heterocycles. The summed E-state index contributed by atoms with van der Waals surface area (Å²) in [6, 6.07) is 15.8. The molecule has 168 valence electrons. The van der Waals surface area contributed by atoms with E-state index in [9.17, 15) is 4.79 Å². The van der Waals surface area contributed by atoms with Crippen molar-refractivity contribution in [3.63, 3.8) is 0 Å². The lowest BCUT2D eigenvalue weighted by molar-refractivity contribution is -0.113. The van der Waals surface area contributed by atoms with Gasteiger partial charge in [0, 0.05) is 23.1 Å². The minimum Gasteiger partial charge on any atom is -0.497 e. The molecule has 0 unspecified atom stereocenters. The van der Waals surface area contributed by atoms with E-state index in [0.29, 0.717) is 22.7 Å². The van der Waals surface area contributed by atoms with Crippen LogP contribution in [0.25, 0.3) is 22.6 Å². The van der Waals surface area contributed by atoms with E-state index in [1.807, 2.05) is 65.4 Å². The Labute approximate surface area is 200 Å². The van der Waals surface area contributed by atoms with Crippen molar-refractivity contribution in [2.24, 2.45) is 0 Å². The van der Waals surface area contributed by atoms with Crippen molar-refractivity contribution in [1.82, 2.24) is 19.7 Å². The molecule has 4 aromatic rings. The fraction of sp³-hybridized carbons (Fsp3) is 0.167. The lowest BCUT2D eigenvalue weighted by Gasteiger charge is -2.08. The minimum absolute atomic E-state index is 0.149. The maximum atomic E-state index is 12.5. The molecule has 0 spiro atoms. The Morgan fingerprint density at radius 1 is 1.15 bits per heavy atom. The number of rotatable bonds is 9. The Bertz CT molecular complexity index is 1250. The van der Waals surface area contributed by atoms with Crippen LogP contribution >= 0.6 is 23.1 Å². The summed E-state index contributed by atoms with van der Waals surface area (Å²) in [5, 5.41) is 14.6. The molecule has 1 amide bonds. The largest absolute Gasteiger partial charge is 0.497 e. The van der Waals surface area contributed by atoms with Crippen molar-refractivity contribution >= 4 is 34.1 Å². The second-order valence-corrected chi connectivity index (χ2v) is 8.98. The molecular weight excluding hydrogens is 454 g/mol. The molecule has 2 aromatic heterocycles. The lowest BCUT2D eigenvalue weighted by atomic mass is 10.1. The number of thioether (sulfide) groups is 1. The summed E-state index contributed by atoms with van der Waals surface area (Å²) >= 11 is 2.73. The van der Waals surface area contributed by atoms with E-state index in [2.05, 4.69) is 27.1 Å². The highest BCUT2D eigenvalue weighted by Crippen LogP contribution is 2.27. The maximum absolute atomic E-state index is 12.5. The number of ether oxygens (including phenoxy) is 1. The van der Waals surface area contributed by atoms with Crippen molar-refractivity contribution < 1.29 is 9.53 Å². The van der Waals surface area contributed by atoms with Crippen LogP contribution in [-0.4, -0.2) is 38.5 Å². The number of allylic oxidation sites excluding steroid dienone is 1. The molecular formula is C24H23N5O2S2. The highest BCUT2D eigenvalue weighted by Gasteiger charge is 2.16. The van der Waals surface area contributed by atoms with Gasteiger partial charge in [0.15, 0.2) is 16.1 Å². The van der Waals surface area contributed by atoms with Gasteiger partial charge in [0.1, 0.15) is 5.75 Å². The van der Waals surface area contributed by atoms with E-state index in [1.165, 1.54) is 28.7 Å². The quantitative estimate of drug-likeness (QED) is 0.260. The van der Waals surface area contributed by atoms with Crippen molar-refractivity contribution in [2.45, 2.75) is 18.6 Å². The standard InChI is InChI=1S/C24H23N5O2S2/c1-4-13-29-22(18-9-11-19(31-3)12-10-18)27-28-24(29)33-15-21(30)26-23-25-20(14-32-23)17-7-5-16(2)6-8-17/h4-12,14H,1,13,15H2,2-3H3,(H,25,26,30). The van der Waals surface area contributed by atoms with Crippen LogP contribution in [0.3, 0.4) is 0 Å². The van der Waals surface area contributed by atoms with Gasteiger partial charge in [-0.15, -0.1) is 28.1 Å². The highest BCUT2D eigenvalue weighted by molar-refractivity contribution is 7.99. The molecule has 33 heavy (non-hydrogen) atoms. The first-order valence-corrected chi connectivity index (χ1v) is 12.1. The first-order valence-electron chi connectivity index (χ1n) is 10.2. The van der Waals surface area contributed by atoms with Gasteiger partial charge in [0.25, 0.3) is 0 Å². The fourth-order valence-corrected chi connectivity index (χ4v) is 4.60. The summed E-state index contributed by atoms with van der Waals surface area (Å²) in [7, 11) is 1.63. The van der Waals surface area contributed by atoms with Gasteiger partial charge in [-0.3, -0.25) is 9.36 Å². The van der Waals surface area contributed by atoms with E-state index in [4.69, 9.17) is 4.74 Å². The average Bonchev–Trinajstić information content (AvgIpc) is 3.46. The number of benzene rings is 2. The molecule has 0 aliphatic rings. The summed E-state index contributed by atoms with van der Waals surface area (Å²) in [5.41, 5.74) is 3.97. The average molecular weight is 478 g/mol. The van der Waals surface area contributed by atoms with Crippen LogP contribution in [0.1, 0.15) is 5.56 Å². The van der Waals surface area contributed by atoms with Crippen LogP contribution in [0.5, 0.6) is 5.75 Å². The SMILES string of the molecule is C=CCn1c(SCC(=O)Nc2nc(-c3ccc(C)cc3)cs2)nnc1-c1ccc(OC)cc1. The normalized spacial score (nSPS) is 10.7. The molecule has 1 N–H and O–H groups in total. The Morgan fingerprint density at radius 3 is 2.58 bits per heavy atom. The molecule has 9 heteroatoms. The van der Waals surface area contributed by atoms with E-state index < -0.39 is 0 Å². The number of thiazole rings is 1. The minimum atomic E-state index is -0.149. The third-order valence-electron chi connectivity index (χ3n) is 4.81. The van der Waals surface area contributed by atoms with Crippen LogP contribution < -0.4 is 10.1 Å². The number of aromatic nitrogens is 4. The molecule has 2 heterocycles. The number of hydrogen-bond acceptors (Lipinski definition) is 7. The van der Waals surface area contributed by atoms with E-state index in [1.54, 1.807) is 13.2 Å². The summed E-state index contributed by atoms with van der Waals surface area (Å²) in [6.07, 6.45) is 1.78. The number of hydrogen-bond donors (Lipinski definition) is 1. The van der Waals surface area contributed by atoms with Crippen molar-refractivity contribution in [3.8, 4) is 28.4 Å². The molecule has 0 saturated heterocycles. The molecule has 2 aromatic carbocycles. The van der Waals surface area contributed by atoms with E-state index in [0.717, 1.165) is 22.6 Å². The van der Waals surface area contributed by atoms with Gasteiger partial charge in [-0.05, 0) is 31.2 Å². The van der Waals surface area contributed by atoms with Gasteiger partial charge in [0.05, 0.1) is 18.6 Å². The Morgan fingerprint density at radius 2 is 1.88 bits per heavy atom. The number of nitrogens with one attached hydrogen (secondary N) is 1. The Kier molecular flexibility index (Phi) is 7.21. The number of carbonyl (C=O) groups is 1. The van der Waals surface area contributed by atoms with Crippen LogP contribution in [0.15, 0.2) is 71.7 Å². The number of nitrogens with zero attached hydrogens (tertiary/aromatic N) is 4. The Balaban J connectivity index is 1.41. The first-order chi connectivity index (χ1) is 16.1. The molecule has 0 atom stereocenters. The van der Waals surface area contributed by atoms with Gasteiger partial charge in [0.2, 0.25) is 5.91 Å². The Hall–Kier alpha value is -3.43. The second kappa shape index (κ2) is 10.5. The predicted octanol–water partition coefficient (Wildman–Crippen LogP) is 5.30. The number of anilines is 1. The molecule has 0 aliphatic carbocycles. The zero-order valence-electron chi connectivity index (χ0n) is 18.3. The highest BCUT2D eigenvalue weighted by atomic mass is 32.2. The lowest BCUT2D eigenvalue weighted by Crippen LogP contribution is -2.14. The third kappa shape index (κ3) is 5.50. The molecule has 0 radical (unpaired) electrons. The maximum Gasteiger partial charge on any atom is 0.236 e. The number of amides is 1. The fourth-order valence-electron chi connectivity index (χ4n) is 3.12. The zero-order chi connectivity index (χ0) is 23.2. The van der Waals surface area contributed by atoms with Crippen molar-refractivity contribution in [2.75, 3.05) is 18.2 Å². The van der Waals surface area contributed by atoms with Gasteiger partial charge < -0.3 is 10.1 Å². The monoisotopic (exact) mass is 477 g/mol. The van der Waals surface area contributed by atoms with Crippen LogP contribution in [0, 0.1) is 6.92 Å². The zero-order valence-corrected chi connectivity index (χ0v) is 19.9. The van der Waals surface area contributed by atoms with Crippen LogP contribution in [-0.2, 0) is 11.3 Å². The number of carbonyl (C=O) groups excluding carboxylic acids is 1. The van der Waals surface area contributed by atoms with Gasteiger partial charge in [-0.25, -0.2) is 4.98 Å². The summed E-state index contributed by atoms with van der Waals surface area (Å²) in [5.74, 6) is 1.52. The molecule has 4 rings (SSSR count). The summed E-state index contributed by atoms with van der Waals surface area (Å²) in [6.45, 7) is 6.41. The molecule has 0 fully saturated rings. The van der Waals surface area contributed by atoms with Crippen LogP contribution in [0.2, 0.25) is 0 Å². The summed E-state index contributed by atoms with van der Waals surface area (Å²) in [4.78, 5) is 17.1. The summed E-state index contributed by atoms with van der Waals surface area (Å²) < 4.78 is 7.16. The smallest absolute Gasteiger partial charge is 0.236 e.